The number of amides is 1. The number of hydrogen-bond donors (Lipinski definition) is 2. The molecule has 0 aliphatic carbocycles. The van der Waals surface area contributed by atoms with Crippen LogP contribution in [-0.2, 0) is 11.2 Å². The number of benzene rings is 1. The van der Waals surface area contributed by atoms with Crippen molar-refractivity contribution >= 4 is 5.91 Å². The second-order valence-electron chi connectivity index (χ2n) is 5.69. The quantitative estimate of drug-likeness (QED) is 0.771. The fraction of sp³-hybridized carbons (Fsp3) is 0.611. The van der Waals surface area contributed by atoms with Crippen LogP contribution in [0.5, 0.6) is 11.5 Å². The Morgan fingerprint density at radius 3 is 2.70 bits per heavy atom. The molecule has 2 N–H and O–H groups in total. The van der Waals surface area contributed by atoms with Gasteiger partial charge in [-0.3, -0.25) is 4.79 Å². The molecule has 1 aliphatic rings. The Labute approximate surface area is 138 Å². The molecule has 1 heterocycles. The van der Waals surface area contributed by atoms with E-state index in [2.05, 4.69) is 10.6 Å². The van der Waals surface area contributed by atoms with Gasteiger partial charge in [-0.1, -0.05) is 12.5 Å². The lowest BCUT2D eigenvalue weighted by Crippen LogP contribution is -2.47. The Morgan fingerprint density at radius 2 is 2.00 bits per heavy atom. The first kappa shape index (κ1) is 17.6. The molecule has 0 bridgehead atoms. The Morgan fingerprint density at radius 1 is 1.22 bits per heavy atom. The van der Waals surface area contributed by atoms with E-state index in [0.29, 0.717) is 19.8 Å². The average molecular weight is 320 g/mol. The van der Waals surface area contributed by atoms with Gasteiger partial charge in [0, 0.05) is 6.54 Å². The minimum atomic E-state index is -0.0249. The molecule has 1 atom stereocenters. The largest absolute Gasteiger partial charge is 0.490 e. The lowest BCUT2D eigenvalue weighted by Gasteiger charge is -2.22. The second-order valence-corrected chi connectivity index (χ2v) is 5.69. The van der Waals surface area contributed by atoms with E-state index in [1.54, 1.807) is 0 Å². The fourth-order valence-corrected chi connectivity index (χ4v) is 2.78. The predicted octanol–water partition coefficient (Wildman–Crippen LogP) is 2.28. The van der Waals surface area contributed by atoms with Gasteiger partial charge in [0.05, 0.1) is 19.3 Å². The maximum absolute atomic E-state index is 12.1. The summed E-state index contributed by atoms with van der Waals surface area (Å²) in [6, 6.07) is 5.94. The van der Waals surface area contributed by atoms with Crippen LogP contribution >= 0.6 is 0 Å². The van der Waals surface area contributed by atoms with Crippen LogP contribution < -0.4 is 20.1 Å². The summed E-state index contributed by atoms with van der Waals surface area (Å²) in [7, 11) is 0. The van der Waals surface area contributed by atoms with Crippen LogP contribution in [0.1, 0.15) is 38.7 Å². The Bertz CT molecular complexity index is 499. The zero-order valence-electron chi connectivity index (χ0n) is 14.2. The summed E-state index contributed by atoms with van der Waals surface area (Å²) in [6.45, 7) is 6.71. The van der Waals surface area contributed by atoms with Crippen molar-refractivity contribution in [2.24, 2.45) is 0 Å². The number of piperidine rings is 1. The molecule has 0 saturated carbocycles. The van der Waals surface area contributed by atoms with Gasteiger partial charge in [0.25, 0.3) is 0 Å². The third-order valence-electron chi connectivity index (χ3n) is 3.95. The molecule has 0 radical (unpaired) electrons. The van der Waals surface area contributed by atoms with Crippen LogP contribution in [-0.4, -0.2) is 38.3 Å². The molecule has 2 rings (SSSR count). The molecule has 0 aromatic heterocycles. The minimum Gasteiger partial charge on any atom is -0.490 e. The van der Waals surface area contributed by atoms with Gasteiger partial charge in [0.2, 0.25) is 5.91 Å². The van der Waals surface area contributed by atoms with Gasteiger partial charge in [-0.25, -0.2) is 0 Å². The number of rotatable bonds is 8. The summed E-state index contributed by atoms with van der Waals surface area (Å²) < 4.78 is 11.2. The monoisotopic (exact) mass is 320 g/mol. The topological polar surface area (TPSA) is 59.6 Å². The first-order chi connectivity index (χ1) is 11.2. The molecule has 1 aromatic rings. The molecule has 5 heteroatoms. The Kier molecular flexibility index (Phi) is 7.20. The normalized spacial score (nSPS) is 17.6. The van der Waals surface area contributed by atoms with E-state index in [-0.39, 0.29) is 11.9 Å². The molecule has 1 aliphatic heterocycles. The van der Waals surface area contributed by atoms with Crippen molar-refractivity contribution in [1.82, 2.24) is 10.6 Å². The van der Waals surface area contributed by atoms with Crippen molar-refractivity contribution in [3.05, 3.63) is 23.8 Å². The highest BCUT2D eigenvalue weighted by molar-refractivity contribution is 5.81. The third kappa shape index (κ3) is 5.43. The van der Waals surface area contributed by atoms with E-state index in [4.69, 9.17) is 9.47 Å². The highest BCUT2D eigenvalue weighted by Crippen LogP contribution is 2.28. The Balaban J connectivity index is 1.84. The van der Waals surface area contributed by atoms with Gasteiger partial charge in [0.1, 0.15) is 0 Å². The highest BCUT2D eigenvalue weighted by Gasteiger charge is 2.19. The summed E-state index contributed by atoms with van der Waals surface area (Å²) in [5.74, 6) is 1.65. The zero-order valence-corrected chi connectivity index (χ0v) is 14.2. The molecular weight excluding hydrogens is 292 g/mol. The van der Waals surface area contributed by atoms with Crippen molar-refractivity contribution in [3.8, 4) is 11.5 Å². The van der Waals surface area contributed by atoms with Crippen LogP contribution in [0.3, 0.4) is 0 Å². The first-order valence-corrected chi connectivity index (χ1v) is 8.64. The smallest absolute Gasteiger partial charge is 0.237 e. The summed E-state index contributed by atoms with van der Waals surface area (Å²) in [5.41, 5.74) is 1.13. The molecule has 1 aromatic carbocycles. The standard InChI is InChI=1S/C18H28N2O3/c1-3-22-16-9-8-14(13-17(16)23-4-2)10-12-20-18(21)15-7-5-6-11-19-15/h8-9,13,15,19H,3-7,10-12H2,1-2H3,(H,20,21)/t15-/m0/s1. The SMILES string of the molecule is CCOc1ccc(CCNC(=O)[C@@H]2CCCCN2)cc1OCC. The van der Waals surface area contributed by atoms with Crippen molar-refractivity contribution in [2.45, 2.75) is 45.6 Å². The lowest BCUT2D eigenvalue weighted by atomic mass is 10.0. The minimum absolute atomic E-state index is 0.0249. The highest BCUT2D eigenvalue weighted by atomic mass is 16.5. The first-order valence-electron chi connectivity index (χ1n) is 8.64. The second kappa shape index (κ2) is 9.40. The molecule has 1 saturated heterocycles. The Hall–Kier alpha value is -1.75. The number of nitrogens with one attached hydrogen (secondary N) is 2. The van der Waals surface area contributed by atoms with Gasteiger partial charge < -0.3 is 20.1 Å². The van der Waals surface area contributed by atoms with E-state index < -0.39 is 0 Å². The van der Waals surface area contributed by atoms with Gasteiger partial charge in [0.15, 0.2) is 11.5 Å². The van der Waals surface area contributed by atoms with E-state index in [0.717, 1.165) is 49.3 Å². The van der Waals surface area contributed by atoms with Crippen molar-refractivity contribution in [3.63, 3.8) is 0 Å². The van der Waals surface area contributed by atoms with Crippen molar-refractivity contribution in [2.75, 3.05) is 26.3 Å². The van der Waals surface area contributed by atoms with Crippen LogP contribution in [0.2, 0.25) is 0 Å². The molecule has 0 spiro atoms. The predicted molar refractivity (Wildman–Crippen MR) is 91.1 cm³/mol. The van der Waals surface area contributed by atoms with Crippen LogP contribution in [0, 0.1) is 0 Å². The van der Waals surface area contributed by atoms with Crippen molar-refractivity contribution in [1.29, 1.82) is 0 Å². The fourth-order valence-electron chi connectivity index (χ4n) is 2.78. The maximum Gasteiger partial charge on any atom is 0.237 e. The number of carbonyl (C=O) groups is 1. The van der Waals surface area contributed by atoms with E-state index in [1.165, 1.54) is 0 Å². The number of ether oxygens (including phenoxy) is 2. The van der Waals surface area contributed by atoms with Crippen LogP contribution in [0.15, 0.2) is 18.2 Å². The van der Waals surface area contributed by atoms with E-state index in [1.807, 2.05) is 32.0 Å². The van der Waals surface area contributed by atoms with Crippen LogP contribution in [0.25, 0.3) is 0 Å². The number of carbonyl (C=O) groups excluding carboxylic acids is 1. The van der Waals surface area contributed by atoms with Gasteiger partial charge in [-0.15, -0.1) is 0 Å². The van der Waals surface area contributed by atoms with Crippen LogP contribution in [0.4, 0.5) is 0 Å². The van der Waals surface area contributed by atoms with Gasteiger partial charge in [-0.05, 0) is 57.4 Å². The molecule has 1 amide bonds. The average Bonchev–Trinajstić information content (AvgIpc) is 2.58. The summed E-state index contributed by atoms with van der Waals surface area (Å²) in [5, 5.41) is 6.28. The maximum atomic E-state index is 12.1. The molecule has 128 valence electrons. The molecule has 0 unspecified atom stereocenters. The molecular formula is C18H28N2O3. The third-order valence-corrected chi connectivity index (χ3v) is 3.95. The van der Waals surface area contributed by atoms with Gasteiger partial charge >= 0.3 is 0 Å². The lowest BCUT2D eigenvalue weighted by molar-refractivity contribution is -0.123. The molecule has 23 heavy (non-hydrogen) atoms. The zero-order chi connectivity index (χ0) is 16.5. The summed E-state index contributed by atoms with van der Waals surface area (Å²) >= 11 is 0. The summed E-state index contributed by atoms with van der Waals surface area (Å²) in [6.07, 6.45) is 4.01. The van der Waals surface area contributed by atoms with Crippen molar-refractivity contribution < 1.29 is 14.3 Å². The number of hydrogen-bond acceptors (Lipinski definition) is 4. The molecule has 5 nitrogen and oxygen atoms in total. The summed E-state index contributed by atoms with van der Waals surface area (Å²) in [4.78, 5) is 12.1. The van der Waals surface area contributed by atoms with Gasteiger partial charge in [-0.2, -0.15) is 0 Å². The molecule has 1 fully saturated rings. The van der Waals surface area contributed by atoms with E-state index >= 15 is 0 Å². The van der Waals surface area contributed by atoms with E-state index in [9.17, 15) is 4.79 Å².